The van der Waals surface area contributed by atoms with Gasteiger partial charge in [-0.25, -0.2) is 4.79 Å². The van der Waals surface area contributed by atoms with E-state index in [1.54, 1.807) is 53.5 Å². The number of hydrogen-bond donors (Lipinski definition) is 2. The predicted molar refractivity (Wildman–Crippen MR) is 185 cm³/mol. The van der Waals surface area contributed by atoms with Crippen LogP contribution in [0.1, 0.15) is 101 Å². The molecule has 1 rings (SSSR count). The topological polar surface area (TPSA) is 155 Å². The molecule has 13 heteroatoms. The van der Waals surface area contributed by atoms with E-state index in [0.29, 0.717) is 19.4 Å². The number of nitrogens with one attached hydrogen (secondary N) is 1. The van der Waals surface area contributed by atoms with Gasteiger partial charge < -0.3 is 34.4 Å². The van der Waals surface area contributed by atoms with Gasteiger partial charge in [0.1, 0.15) is 11.6 Å². The average molecular weight is 687 g/mol. The fraction of sp³-hybridized carbons (Fsp3) is 0.857. The van der Waals surface area contributed by atoms with E-state index in [2.05, 4.69) is 19.2 Å². The molecule has 280 valence electrons. The lowest BCUT2D eigenvalue weighted by atomic mass is 9.90. The smallest absolute Gasteiger partial charge is 0.410 e. The molecule has 1 unspecified atom stereocenters. The summed E-state index contributed by atoms with van der Waals surface area (Å²) in [5.74, 6) is -3.15. The van der Waals surface area contributed by atoms with Gasteiger partial charge in [-0.3, -0.25) is 24.1 Å². The molecule has 0 aromatic carbocycles. The average Bonchev–Trinajstić information content (AvgIpc) is 3.48. The Hall–Kier alpha value is -2.93. The minimum absolute atomic E-state index is 0.0139. The van der Waals surface area contributed by atoms with Crippen LogP contribution in [0.4, 0.5) is 4.79 Å². The first-order valence-electron chi connectivity index (χ1n) is 17.3. The highest BCUT2D eigenvalue weighted by Gasteiger charge is 2.42. The lowest BCUT2D eigenvalue weighted by Gasteiger charge is -2.39. The van der Waals surface area contributed by atoms with Gasteiger partial charge in [-0.15, -0.1) is 0 Å². The Kier molecular flexibility index (Phi) is 19.9. The lowest BCUT2D eigenvalue weighted by Crippen LogP contribution is -2.56. The van der Waals surface area contributed by atoms with E-state index in [9.17, 15) is 29.1 Å². The molecule has 2 N–H and O–H groups in total. The van der Waals surface area contributed by atoms with Gasteiger partial charge in [0.25, 0.3) is 0 Å². The molecular weight excluding hydrogens is 620 g/mol. The van der Waals surface area contributed by atoms with Crippen molar-refractivity contribution in [2.24, 2.45) is 17.8 Å². The van der Waals surface area contributed by atoms with Crippen molar-refractivity contribution in [3.8, 4) is 0 Å². The number of carboxylic acid groups (broad SMARTS) is 1. The molecule has 0 saturated carbocycles. The van der Waals surface area contributed by atoms with E-state index >= 15 is 0 Å². The number of rotatable bonds is 16. The third-order valence-corrected chi connectivity index (χ3v) is 8.69. The van der Waals surface area contributed by atoms with Crippen molar-refractivity contribution in [2.75, 3.05) is 41.4 Å². The van der Waals surface area contributed by atoms with Crippen molar-refractivity contribution in [1.29, 1.82) is 0 Å². The van der Waals surface area contributed by atoms with Gasteiger partial charge >= 0.3 is 12.1 Å². The highest BCUT2D eigenvalue weighted by atomic mass is 16.6. The number of likely N-dealkylation sites (N-methyl/N-ethyl adjacent to an activating group) is 2. The lowest BCUT2D eigenvalue weighted by molar-refractivity contribution is -0.151. The van der Waals surface area contributed by atoms with Gasteiger partial charge in [-0.05, 0) is 52.4 Å². The zero-order valence-corrected chi connectivity index (χ0v) is 32.1. The Morgan fingerprint density at radius 3 is 1.96 bits per heavy atom. The first kappa shape index (κ1) is 45.1. The van der Waals surface area contributed by atoms with Crippen LogP contribution in [0, 0.1) is 17.8 Å². The van der Waals surface area contributed by atoms with E-state index in [0.717, 1.165) is 6.42 Å². The number of aliphatic carboxylic acids is 1. The molecule has 1 aliphatic heterocycles. The molecule has 0 aromatic heterocycles. The highest BCUT2D eigenvalue weighted by molar-refractivity contribution is 5.89. The summed E-state index contributed by atoms with van der Waals surface area (Å²) in [6, 6.07) is -1.73. The number of carbonyl (C=O) groups is 5. The maximum Gasteiger partial charge on any atom is 0.410 e. The molecule has 4 amide bonds. The first-order chi connectivity index (χ1) is 22.2. The normalized spacial score (nSPS) is 18.4. The largest absolute Gasteiger partial charge is 0.481 e. The summed E-state index contributed by atoms with van der Waals surface area (Å²) in [6.07, 6.45) is 1.35. The Morgan fingerprint density at radius 2 is 1.52 bits per heavy atom. The van der Waals surface area contributed by atoms with Crippen LogP contribution in [-0.4, -0.2) is 127 Å². The number of amides is 4. The third-order valence-electron chi connectivity index (χ3n) is 8.69. The summed E-state index contributed by atoms with van der Waals surface area (Å²) in [4.78, 5) is 69.1. The summed E-state index contributed by atoms with van der Waals surface area (Å²) in [6.45, 7) is 18.8. The van der Waals surface area contributed by atoms with Crippen LogP contribution < -0.4 is 5.32 Å². The van der Waals surface area contributed by atoms with Gasteiger partial charge in [0, 0.05) is 34.9 Å². The number of hydrogen-bond acceptors (Lipinski definition) is 8. The summed E-state index contributed by atoms with van der Waals surface area (Å²) < 4.78 is 16.8. The molecule has 0 aromatic rings. The van der Waals surface area contributed by atoms with Gasteiger partial charge in [0.2, 0.25) is 17.7 Å². The van der Waals surface area contributed by atoms with Crippen LogP contribution in [0.15, 0.2) is 0 Å². The first-order valence-corrected chi connectivity index (χ1v) is 17.3. The zero-order chi connectivity index (χ0) is 37.5. The minimum Gasteiger partial charge on any atom is -0.481 e. The zero-order valence-electron chi connectivity index (χ0n) is 32.1. The number of ether oxygens (including phenoxy) is 3. The molecule has 0 aliphatic carbocycles. The monoisotopic (exact) mass is 686 g/mol. The molecule has 0 radical (unpaired) electrons. The van der Waals surface area contributed by atoms with E-state index in [-0.39, 0.29) is 42.7 Å². The molecule has 13 nitrogen and oxygen atoms in total. The number of carbonyl (C=O) groups excluding carboxylic acids is 4. The highest BCUT2D eigenvalue weighted by Crippen LogP contribution is 2.29. The Labute approximate surface area is 289 Å². The van der Waals surface area contributed by atoms with Crippen LogP contribution in [0.25, 0.3) is 0 Å². The molecule has 1 fully saturated rings. The maximum atomic E-state index is 13.6. The van der Waals surface area contributed by atoms with Crippen LogP contribution in [0.5, 0.6) is 0 Å². The van der Waals surface area contributed by atoms with Crippen molar-refractivity contribution in [2.45, 2.75) is 137 Å². The molecule has 0 spiro atoms. The van der Waals surface area contributed by atoms with Crippen molar-refractivity contribution >= 4 is 29.8 Å². The van der Waals surface area contributed by atoms with E-state index < -0.39 is 53.8 Å². The molecule has 0 bridgehead atoms. The van der Waals surface area contributed by atoms with Gasteiger partial charge in [0.05, 0.1) is 43.2 Å². The van der Waals surface area contributed by atoms with Crippen molar-refractivity contribution in [3.05, 3.63) is 0 Å². The van der Waals surface area contributed by atoms with E-state index in [1.807, 2.05) is 13.8 Å². The molecule has 1 saturated heterocycles. The van der Waals surface area contributed by atoms with Gasteiger partial charge in [-0.1, -0.05) is 54.4 Å². The molecule has 1 heterocycles. The third kappa shape index (κ3) is 13.5. The minimum atomic E-state index is -0.990. The molecule has 7 atom stereocenters. The quantitative estimate of drug-likeness (QED) is 0.240. The van der Waals surface area contributed by atoms with Crippen LogP contribution in [0.2, 0.25) is 0 Å². The van der Waals surface area contributed by atoms with E-state index in [1.165, 1.54) is 37.5 Å². The van der Waals surface area contributed by atoms with Crippen molar-refractivity contribution < 1.29 is 43.3 Å². The SMILES string of the molecule is CCC.CC[C@H](C)[C@@H]([C@@H](CC(=O)N1CCC[C@H]1[C@H](OC)[C@@H](C)C(=O)O)OC)N(C)C(=O)CNC(=O)C(C(C)C)N(C)C(=O)OC(C)(C)C. The fourth-order valence-corrected chi connectivity index (χ4v) is 6.08. The standard InChI is InChI=1S/C32H58N4O9.C3H8/c1-13-20(4)27(23(43-11)17-24(37)36-16-14-15-22(36)28(44-12)21(5)30(40)41)34(9)25(38)18-33-29(39)26(19(2)3)35(10)31(42)45-32(6,7)8;1-3-2/h19-23,26-28H,13-18H2,1-12H3,(H,33,39)(H,40,41);3H2,1-2H3/t20-,21+,22-,23+,26?,27-,28+;/m0./s1. The Morgan fingerprint density at radius 1 is 0.958 bits per heavy atom. The molecule has 1 aliphatic rings. The number of likely N-dealkylation sites (tertiary alicyclic amines) is 1. The van der Waals surface area contributed by atoms with Crippen molar-refractivity contribution in [1.82, 2.24) is 20.0 Å². The summed E-state index contributed by atoms with van der Waals surface area (Å²) in [7, 11) is 6.08. The number of methoxy groups -OCH3 is 2. The van der Waals surface area contributed by atoms with Crippen LogP contribution in [-0.2, 0) is 33.4 Å². The predicted octanol–water partition coefficient (Wildman–Crippen LogP) is 4.42. The van der Waals surface area contributed by atoms with E-state index in [4.69, 9.17) is 14.2 Å². The Balaban J connectivity index is 0.00000707. The van der Waals surface area contributed by atoms with Gasteiger partial charge in [-0.2, -0.15) is 0 Å². The summed E-state index contributed by atoms with van der Waals surface area (Å²) >= 11 is 0. The van der Waals surface area contributed by atoms with Crippen LogP contribution >= 0.6 is 0 Å². The second-order valence-electron chi connectivity index (χ2n) is 14.2. The summed E-state index contributed by atoms with van der Waals surface area (Å²) in [5, 5.41) is 12.2. The Bertz CT molecular complexity index is 1030. The number of nitrogens with zero attached hydrogens (tertiary/aromatic N) is 3. The fourth-order valence-electron chi connectivity index (χ4n) is 6.08. The molecular formula is C35H66N4O9. The van der Waals surface area contributed by atoms with Crippen molar-refractivity contribution in [3.63, 3.8) is 0 Å². The van der Waals surface area contributed by atoms with Gasteiger partial charge in [0.15, 0.2) is 0 Å². The number of carboxylic acids is 1. The maximum absolute atomic E-state index is 13.6. The molecule has 48 heavy (non-hydrogen) atoms. The second-order valence-corrected chi connectivity index (χ2v) is 14.2. The summed E-state index contributed by atoms with van der Waals surface area (Å²) in [5.41, 5.74) is -0.732. The second kappa shape index (κ2) is 21.2. The van der Waals surface area contributed by atoms with Crippen LogP contribution in [0.3, 0.4) is 0 Å².